The van der Waals surface area contributed by atoms with Crippen molar-refractivity contribution in [2.45, 2.75) is 16.3 Å². The average molecular weight is 452 g/mol. The van der Waals surface area contributed by atoms with Gasteiger partial charge in [0.05, 0.1) is 28.5 Å². The number of amides is 1. The molecule has 1 N–H and O–H groups in total. The summed E-state index contributed by atoms with van der Waals surface area (Å²) in [5.41, 5.74) is -0.965. The van der Waals surface area contributed by atoms with Crippen LogP contribution in [-0.2, 0) is 21.8 Å². The number of benzene rings is 2. The van der Waals surface area contributed by atoms with Crippen LogP contribution in [0.5, 0.6) is 0 Å². The Labute approximate surface area is 172 Å². The molecule has 0 atom stereocenters. The van der Waals surface area contributed by atoms with Gasteiger partial charge in [-0.15, -0.1) is 10.2 Å². The molecule has 0 saturated carbocycles. The molecule has 0 radical (unpaired) electrons. The second kappa shape index (κ2) is 8.21. The third-order valence-corrected chi connectivity index (χ3v) is 6.78. The van der Waals surface area contributed by atoms with Gasteiger partial charge in [0.2, 0.25) is 19.3 Å². The van der Waals surface area contributed by atoms with E-state index < -0.39 is 43.1 Å². The van der Waals surface area contributed by atoms with E-state index in [2.05, 4.69) is 15.5 Å². The Morgan fingerprint density at radius 3 is 2.40 bits per heavy atom. The van der Waals surface area contributed by atoms with Gasteiger partial charge in [-0.3, -0.25) is 10.1 Å². The van der Waals surface area contributed by atoms with Crippen LogP contribution in [0.4, 0.5) is 18.3 Å². The van der Waals surface area contributed by atoms with Crippen molar-refractivity contribution >= 4 is 32.2 Å². The molecule has 0 fully saturated rings. The van der Waals surface area contributed by atoms with Crippen LogP contribution >= 0.6 is 11.3 Å². The van der Waals surface area contributed by atoms with Crippen molar-refractivity contribution in [1.29, 1.82) is 5.26 Å². The van der Waals surface area contributed by atoms with Crippen LogP contribution in [0.1, 0.15) is 27.0 Å². The van der Waals surface area contributed by atoms with Gasteiger partial charge in [0.15, 0.2) is 0 Å². The molecule has 1 amide bonds. The minimum absolute atomic E-state index is 0.254. The molecular weight excluding hydrogens is 441 g/mol. The highest BCUT2D eigenvalue weighted by Crippen LogP contribution is 2.32. The smallest absolute Gasteiger partial charge is 0.296 e. The summed E-state index contributed by atoms with van der Waals surface area (Å²) in [7, 11) is -3.91. The Balaban J connectivity index is 1.78. The third-order valence-electron chi connectivity index (χ3n) is 3.81. The van der Waals surface area contributed by atoms with E-state index in [1.54, 1.807) is 0 Å². The highest BCUT2D eigenvalue weighted by molar-refractivity contribution is 7.92. The normalized spacial score (nSPS) is 11.7. The summed E-state index contributed by atoms with van der Waals surface area (Å²) in [4.78, 5) is 12.2. The second-order valence-corrected chi connectivity index (χ2v) is 9.08. The maximum absolute atomic E-state index is 13.1. The molecule has 3 rings (SSSR count). The van der Waals surface area contributed by atoms with Crippen molar-refractivity contribution in [3.05, 3.63) is 70.8 Å². The number of alkyl halides is 3. The van der Waals surface area contributed by atoms with Gasteiger partial charge in [-0.1, -0.05) is 35.6 Å². The fourth-order valence-corrected chi connectivity index (χ4v) is 4.75. The van der Waals surface area contributed by atoms with Crippen LogP contribution < -0.4 is 5.32 Å². The molecule has 7 nitrogen and oxygen atoms in total. The average Bonchev–Trinajstić information content (AvgIpc) is 3.17. The minimum Gasteiger partial charge on any atom is -0.296 e. The number of anilines is 1. The Bertz CT molecular complexity index is 1230. The molecule has 30 heavy (non-hydrogen) atoms. The zero-order valence-corrected chi connectivity index (χ0v) is 16.5. The van der Waals surface area contributed by atoms with E-state index in [9.17, 15) is 26.4 Å². The summed E-state index contributed by atoms with van der Waals surface area (Å²) in [6.07, 6.45) is -4.73. The lowest BCUT2D eigenvalue weighted by molar-refractivity contribution is -0.137. The Kier molecular flexibility index (Phi) is 5.86. The van der Waals surface area contributed by atoms with Crippen molar-refractivity contribution in [3.63, 3.8) is 0 Å². The highest BCUT2D eigenvalue weighted by Gasteiger charge is 2.35. The van der Waals surface area contributed by atoms with Crippen molar-refractivity contribution in [3.8, 4) is 6.07 Å². The van der Waals surface area contributed by atoms with Gasteiger partial charge in [0.25, 0.3) is 5.91 Å². The topological polar surface area (TPSA) is 113 Å². The number of hydrogen-bond acceptors (Lipinski definition) is 7. The molecule has 0 aliphatic rings. The SMILES string of the molecule is N#Cc1ccc(CS(=O)(=O)c2nnc(NC(=O)c3ccccc3C(F)(F)F)s2)cc1. The lowest BCUT2D eigenvalue weighted by Gasteiger charge is -2.11. The first-order valence-corrected chi connectivity index (χ1v) is 10.6. The number of nitrogens with one attached hydrogen (secondary N) is 1. The molecule has 0 unspecified atom stereocenters. The quantitative estimate of drug-likeness (QED) is 0.591. The van der Waals surface area contributed by atoms with Gasteiger partial charge in [-0.05, 0) is 29.8 Å². The van der Waals surface area contributed by atoms with E-state index in [1.807, 2.05) is 6.07 Å². The summed E-state index contributed by atoms with van der Waals surface area (Å²) in [5, 5.41) is 17.7. The maximum atomic E-state index is 13.1. The Morgan fingerprint density at radius 2 is 1.77 bits per heavy atom. The van der Waals surface area contributed by atoms with E-state index in [0.29, 0.717) is 22.5 Å². The van der Waals surface area contributed by atoms with Gasteiger partial charge in [0, 0.05) is 0 Å². The number of carbonyl (C=O) groups is 1. The van der Waals surface area contributed by atoms with Gasteiger partial charge in [0.1, 0.15) is 0 Å². The molecule has 2 aromatic carbocycles. The van der Waals surface area contributed by atoms with Crippen LogP contribution in [-0.4, -0.2) is 24.5 Å². The van der Waals surface area contributed by atoms with E-state index in [-0.39, 0.29) is 5.13 Å². The Hall–Kier alpha value is -3.30. The largest absolute Gasteiger partial charge is 0.417 e. The number of aromatic nitrogens is 2. The lowest BCUT2D eigenvalue weighted by Crippen LogP contribution is -2.18. The fourth-order valence-electron chi connectivity index (χ4n) is 2.44. The molecular formula is C18H11F3N4O3S2. The molecule has 0 spiro atoms. The molecule has 1 heterocycles. The number of halogens is 3. The molecule has 1 aromatic heterocycles. The van der Waals surface area contributed by atoms with Crippen LogP contribution in [0.3, 0.4) is 0 Å². The summed E-state index contributed by atoms with van der Waals surface area (Å²) in [6.45, 7) is 0. The molecule has 154 valence electrons. The van der Waals surface area contributed by atoms with Crippen molar-refractivity contribution < 1.29 is 26.4 Å². The van der Waals surface area contributed by atoms with E-state index in [1.165, 1.54) is 30.3 Å². The molecule has 3 aromatic rings. The van der Waals surface area contributed by atoms with Gasteiger partial charge in [-0.25, -0.2) is 8.42 Å². The van der Waals surface area contributed by atoms with Crippen molar-refractivity contribution in [1.82, 2.24) is 10.2 Å². The van der Waals surface area contributed by atoms with Crippen molar-refractivity contribution in [2.75, 3.05) is 5.32 Å². The first-order chi connectivity index (χ1) is 14.1. The zero-order chi connectivity index (χ0) is 21.9. The molecule has 0 saturated heterocycles. The first kappa shape index (κ1) is 21.4. The number of nitrogens with zero attached hydrogens (tertiary/aromatic N) is 3. The predicted molar refractivity (Wildman–Crippen MR) is 101 cm³/mol. The summed E-state index contributed by atoms with van der Waals surface area (Å²) in [5.74, 6) is -1.51. The second-order valence-electron chi connectivity index (χ2n) is 5.94. The number of sulfone groups is 1. The first-order valence-electron chi connectivity index (χ1n) is 8.13. The van der Waals surface area contributed by atoms with Gasteiger partial charge < -0.3 is 0 Å². The third kappa shape index (κ3) is 4.81. The van der Waals surface area contributed by atoms with Crippen LogP contribution in [0.15, 0.2) is 52.9 Å². The highest BCUT2D eigenvalue weighted by atomic mass is 32.2. The minimum atomic E-state index is -4.73. The summed E-state index contributed by atoms with van der Waals surface area (Å²) in [6, 6.07) is 12.0. The fraction of sp³-hybridized carbons (Fsp3) is 0.111. The number of rotatable bonds is 5. The van der Waals surface area contributed by atoms with E-state index >= 15 is 0 Å². The van der Waals surface area contributed by atoms with Gasteiger partial charge in [-0.2, -0.15) is 18.4 Å². The van der Waals surface area contributed by atoms with Crippen LogP contribution in [0, 0.1) is 11.3 Å². The monoisotopic (exact) mass is 452 g/mol. The summed E-state index contributed by atoms with van der Waals surface area (Å²) < 4.78 is 63.8. The zero-order valence-electron chi connectivity index (χ0n) is 14.8. The molecule has 0 aliphatic carbocycles. The Morgan fingerprint density at radius 1 is 1.10 bits per heavy atom. The number of carbonyl (C=O) groups excluding carboxylic acids is 1. The summed E-state index contributed by atoms with van der Waals surface area (Å²) >= 11 is 0.527. The molecule has 0 bridgehead atoms. The van der Waals surface area contributed by atoms with Gasteiger partial charge >= 0.3 is 6.18 Å². The maximum Gasteiger partial charge on any atom is 0.417 e. The number of hydrogen-bond donors (Lipinski definition) is 1. The number of nitriles is 1. The van der Waals surface area contributed by atoms with E-state index in [0.717, 1.165) is 18.2 Å². The molecule has 0 aliphatic heterocycles. The lowest BCUT2D eigenvalue weighted by atomic mass is 10.1. The van der Waals surface area contributed by atoms with Crippen LogP contribution in [0.25, 0.3) is 0 Å². The van der Waals surface area contributed by atoms with E-state index in [4.69, 9.17) is 5.26 Å². The van der Waals surface area contributed by atoms with Crippen LogP contribution in [0.2, 0.25) is 0 Å². The van der Waals surface area contributed by atoms with Crippen molar-refractivity contribution in [2.24, 2.45) is 0 Å². The standard InChI is InChI=1S/C18H11F3N4O3S2/c19-18(20,21)14-4-2-1-3-13(14)15(26)23-16-24-25-17(29-16)30(27,28)10-12-7-5-11(9-22)6-8-12/h1-8H,10H2,(H,23,24,26). The molecule has 12 heteroatoms. The predicted octanol–water partition coefficient (Wildman–Crippen LogP) is 3.65.